The highest BCUT2D eigenvalue weighted by atomic mass is 79.9. The third-order valence-corrected chi connectivity index (χ3v) is 6.95. The van der Waals surface area contributed by atoms with Crippen LogP contribution in [0.5, 0.6) is 11.5 Å². The number of nitrogens with zero attached hydrogens (tertiary/aromatic N) is 2. The second-order valence-corrected chi connectivity index (χ2v) is 10.7. The average Bonchev–Trinajstić information content (AvgIpc) is 2.77. The van der Waals surface area contributed by atoms with Crippen molar-refractivity contribution in [2.75, 3.05) is 26.2 Å². The molecule has 2 aromatic rings. The van der Waals surface area contributed by atoms with Crippen LogP contribution in [0, 0.1) is 27.7 Å². The summed E-state index contributed by atoms with van der Waals surface area (Å²) in [5.74, 6) is 1.34. The monoisotopic (exact) mass is 594 g/mol. The van der Waals surface area contributed by atoms with Gasteiger partial charge in [-0.2, -0.15) is 0 Å². The Kier molecular flexibility index (Phi) is 8.68. The van der Waals surface area contributed by atoms with Gasteiger partial charge in [0.2, 0.25) is 0 Å². The topological polar surface area (TPSA) is 59.1 Å². The molecule has 3 rings (SSSR count). The Morgan fingerprint density at radius 2 is 0.941 bits per heavy atom. The van der Waals surface area contributed by atoms with Gasteiger partial charge in [-0.1, -0.05) is 31.9 Å². The number of carbonyl (C=O) groups is 2. The molecular weight excluding hydrogens is 564 g/mol. The molecule has 1 heterocycles. The minimum atomic E-state index is -0.605. The van der Waals surface area contributed by atoms with Gasteiger partial charge in [-0.15, -0.1) is 0 Å². The number of rotatable bonds is 6. The van der Waals surface area contributed by atoms with Crippen molar-refractivity contribution < 1.29 is 19.1 Å². The zero-order chi connectivity index (χ0) is 25.2. The quantitative estimate of drug-likeness (QED) is 0.452. The first-order valence-corrected chi connectivity index (χ1v) is 13.0. The highest BCUT2D eigenvalue weighted by Crippen LogP contribution is 2.29. The molecule has 2 amide bonds. The lowest BCUT2D eigenvalue weighted by atomic mass is 10.1. The summed E-state index contributed by atoms with van der Waals surface area (Å²) in [6.07, 6.45) is -1.21. The minimum Gasteiger partial charge on any atom is -0.480 e. The number of hydrogen-bond donors (Lipinski definition) is 0. The van der Waals surface area contributed by atoms with E-state index in [2.05, 4.69) is 31.9 Å². The molecule has 0 N–H and O–H groups in total. The lowest BCUT2D eigenvalue weighted by molar-refractivity contribution is -0.146. The summed E-state index contributed by atoms with van der Waals surface area (Å²) < 4.78 is 14.0. The maximum atomic E-state index is 13.0. The van der Waals surface area contributed by atoms with Crippen molar-refractivity contribution in [3.05, 3.63) is 55.5 Å². The number of amides is 2. The number of ether oxygens (including phenoxy) is 2. The Hall–Kier alpha value is -2.06. The summed E-state index contributed by atoms with van der Waals surface area (Å²) in [7, 11) is 0. The van der Waals surface area contributed by atoms with Gasteiger partial charge >= 0.3 is 0 Å². The SMILES string of the molecule is Cc1cc(Br)cc(C)c1OC(C)C(=O)N1CCN(C(=O)C(C)Oc2c(C)cc(Br)cc2C)CC1. The molecular formula is C26H32Br2N2O4. The van der Waals surface area contributed by atoms with Crippen LogP contribution in [0.2, 0.25) is 0 Å². The van der Waals surface area contributed by atoms with E-state index < -0.39 is 12.2 Å². The number of piperazine rings is 1. The smallest absolute Gasteiger partial charge is 0.263 e. The highest BCUT2D eigenvalue weighted by molar-refractivity contribution is 9.10. The van der Waals surface area contributed by atoms with E-state index in [1.807, 2.05) is 52.0 Å². The van der Waals surface area contributed by atoms with E-state index >= 15 is 0 Å². The summed E-state index contributed by atoms with van der Waals surface area (Å²) in [6.45, 7) is 13.3. The van der Waals surface area contributed by atoms with Crippen molar-refractivity contribution in [2.24, 2.45) is 0 Å². The Balaban J connectivity index is 1.56. The first-order valence-electron chi connectivity index (χ1n) is 11.4. The van der Waals surface area contributed by atoms with Crippen LogP contribution in [-0.2, 0) is 9.59 Å². The van der Waals surface area contributed by atoms with Crippen LogP contribution in [0.4, 0.5) is 0 Å². The standard InChI is InChI=1S/C26H32Br2N2O4/c1-15-11-21(27)12-16(2)23(15)33-19(5)25(31)29-7-9-30(10-8-29)26(32)20(6)34-24-17(3)13-22(28)14-18(24)4/h11-14,19-20H,7-10H2,1-6H3. The molecule has 0 saturated carbocycles. The van der Waals surface area contributed by atoms with E-state index in [0.29, 0.717) is 26.2 Å². The largest absolute Gasteiger partial charge is 0.480 e. The fourth-order valence-electron chi connectivity index (χ4n) is 4.28. The van der Waals surface area contributed by atoms with Crippen molar-refractivity contribution in [3.63, 3.8) is 0 Å². The summed E-state index contributed by atoms with van der Waals surface area (Å²) in [6, 6.07) is 7.91. The highest BCUT2D eigenvalue weighted by Gasteiger charge is 2.31. The second-order valence-electron chi connectivity index (χ2n) is 8.91. The van der Waals surface area contributed by atoms with Crippen LogP contribution in [0.1, 0.15) is 36.1 Å². The minimum absolute atomic E-state index is 0.0702. The fourth-order valence-corrected chi connectivity index (χ4v) is 5.66. The molecule has 1 fully saturated rings. The molecule has 6 nitrogen and oxygen atoms in total. The third kappa shape index (κ3) is 6.13. The van der Waals surface area contributed by atoms with E-state index in [1.165, 1.54) is 0 Å². The van der Waals surface area contributed by atoms with Gasteiger partial charge in [-0.05, 0) is 88.1 Å². The number of halogens is 2. The van der Waals surface area contributed by atoms with Gasteiger partial charge in [0.1, 0.15) is 11.5 Å². The zero-order valence-electron chi connectivity index (χ0n) is 20.6. The van der Waals surface area contributed by atoms with Gasteiger partial charge in [-0.3, -0.25) is 9.59 Å². The van der Waals surface area contributed by atoms with Crippen LogP contribution in [0.15, 0.2) is 33.2 Å². The molecule has 184 valence electrons. The Bertz CT molecular complexity index is 949. The lowest BCUT2D eigenvalue weighted by Crippen LogP contribution is -2.55. The van der Waals surface area contributed by atoms with Crippen LogP contribution in [0.25, 0.3) is 0 Å². The maximum Gasteiger partial charge on any atom is 0.263 e. The van der Waals surface area contributed by atoms with Gasteiger partial charge in [-0.25, -0.2) is 0 Å². The van der Waals surface area contributed by atoms with Crippen molar-refractivity contribution in [2.45, 2.75) is 53.8 Å². The number of aryl methyl sites for hydroxylation is 4. The molecule has 8 heteroatoms. The predicted octanol–water partition coefficient (Wildman–Crippen LogP) is 5.35. The van der Waals surface area contributed by atoms with Crippen LogP contribution >= 0.6 is 31.9 Å². The molecule has 2 atom stereocenters. The molecule has 1 aliphatic rings. The Labute approximate surface area is 218 Å². The van der Waals surface area contributed by atoms with Gasteiger partial charge in [0.15, 0.2) is 12.2 Å². The molecule has 2 aromatic carbocycles. The second kappa shape index (κ2) is 11.1. The average molecular weight is 596 g/mol. The molecule has 1 saturated heterocycles. The van der Waals surface area contributed by atoms with E-state index in [1.54, 1.807) is 23.6 Å². The normalized spacial score (nSPS) is 15.6. The fraction of sp³-hybridized carbons (Fsp3) is 0.462. The van der Waals surface area contributed by atoms with E-state index in [9.17, 15) is 9.59 Å². The Morgan fingerprint density at radius 1 is 0.676 bits per heavy atom. The van der Waals surface area contributed by atoms with Crippen LogP contribution in [-0.4, -0.2) is 60.0 Å². The molecule has 0 aromatic heterocycles. The summed E-state index contributed by atoms with van der Waals surface area (Å²) in [4.78, 5) is 29.6. The summed E-state index contributed by atoms with van der Waals surface area (Å²) in [5.41, 5.74) is 3.92. The maximum absolute atomic E-state index is 13.0. The zero-order valence-corrected chi connectivity index (χ0v) is 23.7. The first-order chi connectivity index (χ1) is 16.0. The molecule has 0 radical (unpaired) electrons. The molecule has 2 unspecified atom stereocenters. The predicted molar refractivity (Wildman–Crippen MR) is 141 cm³/mol. The number of carbonyl (C=O) groups excluding carboxylic acids is 2. The van der Waals surface area contributed by atoms with Gasteiger partial charge in [0.25, 0.3) is 11.8 Å². The summed E-state index contributed by atoms with van der Waals surface area (Å²) in [5, 5.41) is 0. The molecule has 34 heavy (non-hydrogen) atoms. The Morgan fingerprint density at radius 3 is 1.21 bits per heavy atom. The summed E-state index contributed by atoms with van der Waals surface area (Å²) >= 11 is 6.97. The van der Waals surface area contributed by atoms with Crippen molar-refractivity contribution >= 4 is 43.7 Å². The van der Waals surface area contributed by atoms with Crippen molar-refractivity contribution in [3.8, 4) is 11.5 Å². The van der Waals surface area contributed by atoms with Gasteiger partial charge in [0.05, 0.1) is 0 Å². The number of benzene rings is 2. The molecule has 0 bridgehead atoms. The lowest BCUT2D eigenvalue weighted by Gasteiger charge is -2.37. The van der Waals surface area contributed by atoms with Crippen LogP contribution < -0.4 is 9.47 Å². The molecule has 0 spiro atoms. The van der Waals surface area contributed by atoms with Gasteiger partial charge < -0.3 is 19.3 Å². The van der Waals surface area contributed by atoms with E-state index in [-0.39, 0.29) is 11.8 Å². The van der Waals surface area contributed by atoms with E-state index in [4.69, 9.17) is 9.47 Å². The molecule has 1 aliphatic heterocycles. The van der Waals surface area contributed by atoms with Crippen molar-refractivity contribution in [1.82, 2.24) is 9.80 Å². The van der Waals surface area contributed by atoms with Gasteiger partial charge in [0, 0.05) is 35.1 Å². The molecule has 0 aliphatic carbocycles. The van der Waals surface area contributed by atoms with Crippen LogP contribution in [0.3, 0.4) is 0 Å². The third-order valence-electron chi connectivity index (χ3n) is 6.04. The number of hydrogen-bond acceptors (Lipinski definition) is 4. The van der Waals surface area contributed by atoms with E-state index in [0.717, 1.165) is 42.7 Å². The first kappa shape index (κ1) is 26.5. The van der Waals surface area contributed by atoms with Crippen molar-refractivity contribution in [1.29, 1.82) is 0 Å².